The van der Waals surface area contributed by atoms with Crippen molar-refractivity contribution in [1.82, 2.24) is 40.0 Å². The summed E-state index contributed by atoms with van der Waals surface area (Å²) in [5.41, 5.74) is 8.29. The quantitative estimate of drug-likeness (QED) is 0.0589. The summed E-state index contributed by atoms with van der Waals surface area (Å²) in [6.07, 6.45) is 9.88. The van der Waals surface area contributed by atoms with E-state index in [-0.39, 0.29) is 53.5 Å². The maximum absolute atomic E-state index is 14.0. The Morgan fingerprint density at radius 2 is 1.51 bits per heavy atom. The number of carbonyl (C=O) groups excluding carboxylic acids is 4. The second-order valence-corrected chi connectivity index (χ2v) is 19.9. The fraction of sp³-hybridized carbons (Fsp3) is 0.556. The van der Waals surface area contributed by atoms with Gasteiger partial charge in [0.25, 0.3) is 0 Å². The second-order valence-electron chi connectivity index (χ2n) is 19.9. The molecule has 3 aromatic heterocycles. The van der Waals surface area contributed by atoms with Gasteiger partial charge in [-0.2, -0.15) is 0 Å². The number of amides is 3. The van der Waals surface area contributed by atoms with E-state index in [1.807, 2.05) is 51.9 Å². The van der Waals surface area contributed by atoms with Gasteiger partial charge in [0, 0.05) is 46.9 Å². The number of ketones is 1. The van der Waals surface area contributed by atoms with E-state index in [4.69, 9.17) is 24.2 Å². The van der Waals surface area contributed by atoms with E-state index in [1.165, 1.54) is 25.2 Å². The minimum absolute atomic E-state index is 0.0305. The van der Waals surface area contributed by atoms with E-state index in [2.05, 4.69) is 89.3 Å². The number of fused-ring (bicyclic) bond motifs is 5. The first-order valence-electron chi connectivity index (χ1n) is 25.3. The van der Waals surface area contributed by atoms with Crippen molar-refractivity contribution < 1.29 is 33.4 Å². The third-order valence-corrected chi connectivity index (χ3v) is 14.2. The van der Waals surface area contributed by atoms with Crippen LogP contribution in [0.15, 0.2) is 48.8 Å². The Hall–Kier alpha value is -6.12. The zero-order valence-electron chi connectivity index (χ0n) is 42.5. The first-order valence-corrected chi connectivity index (χ1v) is 25.3. The second kappa shape index (κ2) is 22.1. The molecule has 0 spiro atoms. The maximum atomic E-state index is 14.0. The predicted octanol–water partition coefficient (Wildman–Crippen LogP) is 11.6. The molecule has 372 valence electrons. The SMILES string of the molecule is CCCCC(CC(CC)C(=O)C(NC(=O)OC)C(C)C)c1ncc(-c2ccc3c(c2)c(C(C)C)c2n3C(CCC)Oc3cc(-c4cnc(C5CCCN5C(=O)C(NC(=O)OC)C(C)C)[nH]4)ccc3-2)[nH]1. The summed E-state index contributed by atoms with van der Waals surface area (Å²) in [7, 11) is 2.62. The lowest BCUT2D eigenvalue weighted by molar-refractivity contribution is -0.135. The zero-order chi connectivity index (χ0) is 49.7. The molecule has 5 heterocycles. The van der Waals surface area contributed by atoms with Crippen molar-refractivity contribution in [2.24, 2.45) is 17.8 Å². The molecule has 1 fully saturated rings. The van der Waals surface area contributed by atoms with E-state index in [1.54, 1.807) is 0 Å². The molecule has 69 heavy (non-hydrogen) atoms. The number of nitrogens with zero attached hydrogens (tertiary/aromatic N) is 4. The standard InChI is InChI=1S/C54H74N8O7/c1-12-15-18-36(25-33(14-3)49(63)46(31(6)7)59-53(65)67-10)50-55-28-39(57-50)34-21-23-41-38(26-34)45(30(4)5)48-37-22-20-35(27-43(37)69-44(17-13-2)62(41)48)40-29-56-51(58-40)42-19-16-24-61(42)52(64)47(32(8)9)60-54(66)68-11/h20-23,26-33,36,42,44,46-47H,12-19,24-25H2,1-11H3,(H,55,57)(H,56,58)(H,59,65)(H,60,66). The van der Waals surface area contributed by atoms with Gasteiger partial charge in [-0.3, -0.25) is 9.59 Å². The summed E-state index contributed by atoms with van der Waals surface area (Å²) >= 11 is 0. The number of hydrogen-bond acceptors (Lipinski definition) is 9. The summed E-state index contributed by atoms with van der Waals surface area (Å²) in [4.78, 5) is 71.0. The number of Topliss-reactive ketones (excluding diaryl/α,β-unsaturated/α-hetero) is 1. The van der Waals surface area contributed by atoms with Crippen LogP contribution in [0.5, 0.6) is 5.75 Å². The van der Waals surface area contributed by atoms with Crippen LogP contribution in [0.4, 0.5) is 9.59 Å². The largest absolute Gasteiger partial charge is 0.469 e. The molecule has 4 N–H and O–H groups in total. The molecular weight excluding hydrogens is 873 g/mol. The fourth-order valence-corrected chi connectivity index (χ4v) is 10.5. The smallest absolute Gasteiger partial charge is 0.407 e. The van der Waals surface area contributed by atoms with Gasteiger partial charge < -0.3 is 44.3 Å². The summed E-state index contributed by atoms with van der Waals surface area (Å²) in [5.74, 6) is 2.06. The topological polar surface area (TPSA) is 186 Å². The summed E-state index contributed by atoms with van der Waals surface area (Å²) in [5, 5.41) is 6.69. The highest BCUT2D eigenvalue weighted by Crippen LogP contribution is 2.50. The minimum Gasteiger partial charge on any atom is -0.469 e. The number of aromatic nitrogens is 5. The number of nitrogens with one attached hydrogen (secondary N) is 4. The van der Waals surface area contributed by atoms with E-state index in [9.17, 15) is 19.2 Å². The number of H-pyrrole nitrogens is 2. The average Bonchev–Trinajstić information content (AvgIpc) is 4.18. The number of benzene rings is 2. The van der Waals surface area contributed by atoms with Gasteiger partial charge in [-0.25, -0.2) is 19.6 Å². The van der Waals surface area contributed by atoms with Gasteiger partial charge in [0.05, 0.1) is 61.3 Å². The predicted molar refractivity (Wildman–Crippen MR) is 269 cm³/mol. The van der Waals surface area contributed by atoms with Crippen molar-refractivity contribution in [2.75, 3.05) is 20.8 Å². The maximum Gasteiger partial charge on any atom is 0.407 e. The van der Waals surface area contributed by atoms with Crippen LogP contribution < -0.4 is 15.4 Å². The van der Waals surface area contributed by atoms with Gasteiger partial charge >= 0.3 is 12.2 Å². The number of ether oxygens (including phenoxy) is 3. The van der Waals surface area contributed by atoms with Gasteiger partial charge in [0.1, 0.15) is 23.4 Å². The normalized spacial score (nSPS) is 17.3. The Balaban J connectivity index is 1.19. The molecule has 3 amide bonds. The molecular formula is C54H74N8O7. The molecule has 2 aromatic carbocycles. The van der Waals surface area contributed by atoms with Crippen molar-refractivity contribution >= 4 is 34.8 Å². The van der Waals surface area contributed by atoms with Gasteiger partial charge in [0.2, 0.25) is 5.91 Å². The Bertz CT molecular complexity index is 2610. The lowest BCUT2D eigenvalue weighted by atomic mass is 9.82. The third kappa shape index (κ3) is 10.6. The molecule has 15 nitrogen and oxygen atoms in total. The Morgan fingerprint density at radius 3 is 2.16 bits per heavy atom. The number of methoxy groups -OCH3 is 2. The van der Waals surface area contributed by atoms with E-state index >= 15 is 0 Å². The molecule has 2 aliphatic heterocycles. The van der Waals surface area contributed by atoms with Crippen molar-refractivity contribution in [3.63, 3.8) is 0 Å². The van der Waals surface area contributed by atoms with E-state index < -0.39 is 24.3 Å². The van der Waals surface area contributed by atoms with Crippen LogP contribution in [-0.4, -0.2) is 86.1 Å². The van der Waals surface area contributed by atoms with Gasteiger partial charge in [-0.05, 0) is 79.7 Å². The Morgan fingerprint density at radius 1 is 0.841 bits per heavy atom. The fourth-order valence-electron chi connectivity index (χ4n) is 10.5. The molecule has 0 bridgehead atoms. The number of rotatable bonds is 20. The summed E-state index contributed by atoms with van der Waals surface area (Å²) in [6.45, 7) is 19.2. The lowest BCUT2D eigenvalue weighted by Gasteiger charge is -2.31. The number of carbonyl (C=O) groups is 4. The van der Waals surface area contributed by atoms with Crippen molar-refractivity contribution in [1.29, 1.82) is 0 Å². The van der Waals surface area contributed by atoms with Crippen LogP contribution in [0.1, 0.15) is 161 Å². The number of alkyl carbamates (subject to hydrolysis) is 2. The third-order valence-electron chi connectivity index (χ3n) is 14.2. The van der Waals surface area contributed by atoms with Crippen LogP contribution in [-0.2, 0) is 19.1 Å². The number of likely N-dealkylation sites (tertiary alicyclic amines) is 1. The van der Waals surface area contributed by atoms with Crippen LogP contribution in [0, 0.1) is 17.8 Å². The lowest BCUT2D eigenvalue weighted by Crippen LogP contribution is -2.51. The highest BCUT2D eigenvalue weighted by Gasteiger charge is 2.38. The van der Waals surface area contributed by atoms with Crippen LogP contribution >= 0.6 is 0 Å². The molecule has 0 radical (unpaired) electrons. The van der Waals surface area contributed by atoms with Crippen LogP contribution in [0.3, 0.4) is 0 Å². The van der Waals surface area contributed by atoms with Crippen molar-refractivity contribution in [3.8, 4) is 39.5 Å². The molecule has 6 unspecified atom stereocenters. The zero-order valence-corrected chi connectivity index (χ0v) is 42.5. The van der Waals surface area contributed by atoms with Gasteiger partial charge in [-0.15, -0.1) is 0 Å². The van der Waals surface area contributed by atoms with Crippen molar-refractivity contribution in [3.05, 3.63) is 66.0 Å². The molecule has 2 aliphatic rings. The van der Waals surface area contributed by atoms with Gasteiger partial charge in [0.15, 0.2) is 12.0 Å². The summed E-state index contributed by atoms with van der Waals surface area (Å²) < 4.78 is 19.0. The molecule has 5 aromatic rings. The molecule has 0 saturated carbocycles. The highest BCUT2D eigenvalue weighted by molar-refractivity contribution is 5.97. The molecule has 7 rings (SSSR count). The molecule has 0 aliphatic carbocycles. The number of aromatic amines is 2. The van der Waals surface area contributed by atoms with Gasteiger partial charge in [-0.1, -0.05) is 93.7 Å². The molecule has 15 heteroatoms. The highest BCUT2D eigenvalue weighted by atomic mass is 16.5. The Kier molecular flexibility index (Phi) is 16.3. The van der Waals surface area contributed by atoms with E-state index in [0.29, 0.717) is 25.2 Å². The molecule has 1 saturated heterocycles. The van der Waals surface area contributed by atoms with Crippen molar-refractivity contribution in [2.45, 2.75) is 156 Å². The number of unbranched alkanes of at least 4 members (excludes halogenated alkanes) is 1. The minimum atomic E-state index is -0.710. The molecule has 6 atom stereocenters. The Labute approximate surface area is 407 Å². The van der Waals surface area contributed by atoms with E-state index in [0.717, 1.165) is 95.8 Å². The monoisotopic (exact) mass is 947 g/mol. The summed E-state index contributed by atoms with van der Waals surface area (Å²) in [6, 6.07) is 11.4. The number of imidazole rings is 2. The first kappa shape index (κ1) is 50.7. The van der Waals surface area contributed by atoms with Crippen LogP contribution in [0.2, 0.25) is 0 Å². The average molecular weight is 947 g/mol. The first-order chi connectivity index (χ1) is 33.1. The van der Waals surface area contributed by atoms with Crippen LogP contribution in [0.25, 0.3) is 44.7 Å². The number of hydrogen-bond donors (Lipinski definition) is 4.